The third-order valence-corrected chi connectivity index (χ3v) is 4.38. The van der Waals surface area contributed by atoms with Crippen LogP contribution in [0.4, 0.5) is 5.13 Å². The minimum absolute atomic E-state index is 0.137. The number of rotatable bonds is 2. The van der Waals surface area contributed by atoms with Gasteiger partial charge in [-0.1, -0.05) is 29.5 Å². The SMILES string of the molecule is Cc1cc(C)c2sc(NC(=O)c3ccccc3C)nc2n1. The lowest BCUT2D eigenvalue weighted by Crippen LogP contribution is -2.12. The number of aromatic nitrogens is 2. The number of carbonyl (C=O) groups excluding carboxylic acids is 1. The Bertz CT molecular complexity index is 839. The average molecular weight is 297 g/mol. The highest BCUT2D eigenvalue weighted by molar-refractivity contribution is 7.22. The highest BCUT2D eigenvalue weighted by Gasteiger charge is 2.13. The van der Waals surface area contributed by atoms with Gasteiger partial charge in [0.15, 0.2) is 10.8 Å². The summed E-state index contributed by atoms with van der Waals surface area (Å²) in [4.78, 5) is 21.1. The van der Waals surface area contributed by atoms with E-state index in [0.717, 1.165) is 21.5 Å². The predicted molar refractivity (Wildman–Crippen MR) is 86.0 cm³/mol. The number of amides is 1. The molecule has 0 fully saturated rings. The van der Waals surface area contributed by atoms with Gasteiger partial charge in [-0.15, -0.1) is 0 Å². The zero-order chi connectivity index (χ0) is 15.0. The Morgan fingerprint density at radius 2 is 1.86 bits per heavy atom. The van der Waals surface area contributed by atoms with Crippen molar-refractivity contribution in [3.63, 3.8) is 0 Å². The van der Waals surface area contributed by atoms with E-state index >= 15 is 0 Å². The molecule has 0 bridgehead atoms. The first-order valence-electron chi connectivity index (χ1n) is 6.66. The second-order valence-corrected chi connectivity index (χ2v) is 6.02. The highest BCUT2D eigenvalue weighted by Crippen LogP contribution is 2.28. The first-order valence-corrected chi connectivity index (χ1v) is 7.48. The lowest BCUT2D eigenvalue weighted by molar-refractivity contribution is 0.102. The van der Waals surface area contributed by atoms with Gasteiger partial charge < -0.3 is 0 Å². The number of nitrogens with zero attached hydrogens (tertiary/aromatic N) is 2. The van der Waals surface area contributed by atoms with Crippen LogP contribution in [-0.2, 0) is 0 Å². The van der Waals surface area contributed by atoms with E-state index in [1.165, 1.54) is 11.3 Å². The van der Waals surface area contributed by atoms with Crippen LogP contribution in [0.3, 0.4) is 0 Å². The third-order valence-electron chi connectivity index (χ3n) is 3.29. The Morgan fingerprint density at radius 1 is 1.10 bits per heavy atom. The molecular formula is C16H15N3OS. The number of hydrogen-bond donors (Lipinski definition) is 1. The molecule has 0 atom stereocenters. The van der Waals surface area contributed by atoms with Crippen molar-refractivity contribution >= 4 is 32.7 Å². The number of thiazole rings is 1. The van der Waals surface area contributed by atoms with E-state index in [1.54, 1.807) is 0 Å². The molecule has 0 spiro atoms. The summed E-state index contributed by atoms with van der Waals surface area (Å²) in [6, 6.07) is 9.52. The van der Waals surface area contributed by atoms with Crippen LogP contribution in [-0.4, -0.2) is 15.9 Å². The molecule has 1 amide bonds. The first kappa shape index (κ1) is 13.7. The summed E-state index contributed by atoms with van der Waals surface area (Å²) in [6.07, 6.45) is 0. The molecule has 2 aromatic heterocycles. The van der Waals surface area contributed by atoms with Gasteiger partial charge in [-0.25, -0.2) is 4.98 Å². The molecule has 2 heterocycles. The number of hydrogen-bond acceptors (Lipinski definition) is 4. The predicted octanol–water partition coefficient (Wildman–Crippen LogP) is 3.87. The first-order chi connectivity index (χ1) is 10.0. The fourth-order valence-corrected chi connectivity index (χ4v) is 3.14. The van der Waals surface area contributed by atoms with Crippen LogP contribution < -0.4 is 5.32 Å². The number of carbonyl (C=O) groups is 1. The molecule has 5 heteroatoms. The van der Waals surface area contributed by atoms with E-state index in [1.807, 2.05) is 51.1 Å². The van der Waals surface area contributed by atoms with Crippen molar-refractivity contribution in [3.05, 3.63) is 52.7 Å². The van der Waals surface area contributed by atoms with Gasteiger partial charge in [0.1, 0.15) is 0 Å². The molecule has 0 unspecified atom stereocenters. The van der Waals surface area contributed by atoms with E-state index in [9.17, 15) is 4.79 Å². The van der Waals surface area contributed by atoms with Crippen LogP contribution in [0.15, 0.2) is 30.3 Å². The van der Waals surface area contributed by atoms with Gasteiger partial charge in [-0.3, -0.25) is 10.1 Å². The number of aryl methyl sites for hydroxylation is 3. The molecular weight excluding hydrogens is 282 g/mol. The molecule has 21 heavy (non-hydrogen) atoms. The zero-order valence-corrected chi connectivity index (χ0v) is 12.9. The zero-order valence-electron chi connectivity index (χ0n) is 12.1. The maximum absolute atomic E-state index is 12.3. The minimum atomic E-state index is -0.137. The Hall–Kier alpha value is -2.27. The van der Waals surface area contributed by atoms with E-state index in [4.69, 9.17) is 0 Å². The lowest BCUT2D eigenvalue weighted by Gasteiger charge is -2.04. The van der Waals surface area contributed by atoms with Crippen molar-refractivity contribution in [2.45, 2.75) is 20.8 Å². The molecule has 4 nitrogen and oxygen atoms in total. The van der Waals surface area contributed by atoms with Gasteiger partial charge in [0.25, 0.3) is 5.91 Å². The molecule has 1 aromatic carbocycles. The summed E-state index contributed by atoms with van der Waals surface area (Å²) in [7, 11) is 0. The summed E-state index contributed by atoms with van der Waals surface area (Å²) >= 11 is 1.46. The van der Waals surface area contributed by atoms with Crippen molar-refractivity contribution in [2.75, 3.05) is 5.32 Å². The molecule has 3 aromatic rings. The molecule has 0 aliphatic heterocycles. The smallest absolute Gasteiger partial charge is 0.257 e. The Morgan fingerprint density at radius 3 is 2.62 bits per heavy atom. The van der Waals surface area contributed by atoms with Gasteiger partial charge in [0, 0.05) is 11.3 Å². The monoisotopic (exact) mass is 297 g/mol. The van der Waals surface area contributed by atoms with Gasteiger partial charge in [-0.2, -0.15) is 4.98 Å². The molecule has 106 valence electrons. The van der Waals surface area contributed by atoms with Crippen molar-refractivity contribution in [1.82, 2.24) is 9.97 Å². The molecule has 0 saturated heterocycles. The second-order valence-electron chi connectivity index (χ2n) is 5.02. The summed E-state index contributed by atoms with van der Waals surface area (Å²) in [6.45, 7) is 5.89. The van der Waals surface area contributed by atoms with E-state index < -0.39 is 0 Å². The van der Waals surface area contributed by atoms with Crippen LogP contribution >= 0.6 is 11.3 Å². The fraction of sp³-hybridized carbons (Fsp3) is 0.188. The average Bonchev–Trinajstić information content (AvgIpc) is 2.81. The number of anilines is 1. The Labute approximate surface area is 126 Å². The van der Waals surface area contributed by atoms with Gasteiger partial charge >= 0.3 is 0 Å². The number of benzene rings is 1. The lowest BCUT2D eigenvalue weighted by atomic mass is 10.1. The van der Waals surface area contributed by atoms with E-state index in [-0.39, 0.29) is 5.91 Å². The van der Waals surface area contributed by atoms with Crippen molar-refractivity contribution in [3.8, 4) is 0 Å². The maximum atomic E-state index is 12.3. The van der Waals surface area contributed by atoms with E-state index in [0.29, 0.717) is 16.3 Å². The highest BCUT2D eigenvalue weighted by atomic mass is 32.1. The Kier molecular flexibility index (Phi) is 3.43. The molecule has 0 aliphatic carbocycles. The van der Waals surface area contributed by atoms with Crippen molar-refractivity contribution < 1.29 is 4.79 Å². The topological polar surface area (TPSA) is 54.9 Å². The van der Waals surface area contributed by atoms with Crippen LogP contribution in [0.2, 0.25) is 0 Å². The van der Waals surface area contributed by atoms with Gasteiger partial charge in [0.2, 0.25) is 0 Å². The van der Waals surface area contributed by atoms with Gasteiger partial charge in [0.05, 0.1) is 4.70 Å². The number of fused-ring (bicyclic) bond motifs is 1. The minimum Gasteiger partial charge on any atom is -0.298 e. The largest absolute Gasteiger partial charge is 0.298 e. The molecule has 0 radical (unpaired) electrons. The summed E-state index contributed by atoms with van der Waals surface area (Å²) < 4.78 is 1.01. The fourth-order valence-electron chi connectivity index (χ4n) is 2.27. The molecule has 0 saturated carbocycles. The number of nitrogens with one attached hydrogen (secondary N) is 1. The molecule has 0 aliphatic rings. The van der Waals surface area contributed by atoms with Crippen molar-refractivity contribution in [1.29, 1.82) is 0 Å². The maximum Gasteiger partial charge on any atom is 0.257 e. The molecule has 3 rings (SSSR count). The van der Waals surface area contributed by atoms with Gasteiger partial charge in [-0.05, 0) is 44.0 Å². The standard InChI is InChI=1S/C16H15N3OS/c1-9-6-4-5-7-12(9)15(20)19-16-18-14-13(21-16)10(2)8-11(3)17-14/h4-8H,1-3H3,(H,17,18,19,20). The molecule has 1 N–H and O–H groups in total. The normalized spacial score (nSPS) is 10.8. The summed E-state index contributed by atoms with van der Waals surface area (Å²) in [5, 5.41) is 3.45. The quantitative estimate of drug-likeness (QED) is 0.781. The van der Waals surface area contributed by atoms with Crippen LogP contribution in [0.25, 0.3) is 10.3 Å². The number of pyridine rings is 1. The Balaban J connectivity index is 1.94. The summed E-state index contributed by atoms with van der Waals surface area (Å²) in [5.41, 5.74) is 4.37. The van der Waals surface area contributed by atoms with Crippen LogP contribution in [0.5, 0.6) is 0 Å². The van der Waals surface area contributed by atoms with E-state index in [2.05, 4.69) is 15.3 Å². The third kappa shape index (κ3) is 2.64. The van der Waals surface area contributed by atoms with Crippen LogP contribution in [0, 0.1) is 20.8 Å². The summed E-state index contributed by atoms with van der Waals surface area (Å²) in [5.74, 6) is -0.137. The second kappa shape index (κ2) is 5.26. The van der Waals surface area contributed by atoms with Crippen LogP contribution in [0.1, 0.15) is 27.2 Å². The van der Waals surface area contributed by atoms with Crippen molar-refractivity contribution in [2.24, 2.45) is 0 Å².